The van der Waals surface area contributed by atoms with E-state index in [0.29, 0.717) is 24.4 Å². The summed E-state index contributed by atoms with van der Waals surface area (Å²) < 4.78 is 0. The Hall–Kier alpha value is -0.610. The Labute approximate surface area is 131 Å². The van der Waals surface area contributed by atoms with E-state index in [-0.39, 0.29) is 0 Å². The Bertz CT molecular complexity index is 300. The van der Waals surface area contributed by atoms with Crippen LogP contribution in [0.15, 0.2) is 0 Å². The van der Waals surface area contributed by atoms with E-state index in [9.17, 15) is 4.79 Å². The molecule has 2 fully saturated rings. The molecule has 2 saturated heterocycles. The van der Waals surface area contributed by atoms with Crippen molar-refractivity contribution in [3.8, 4) is 0 Å². The summed E-state index contributed by atoms with van der Waals surface area (Å²) in [5.74, 6) is 1.02. The molecule has 0 bridgehead atoms. The zero-order valence-electron chi connectivity index (χ0n) is 14.8. The Balaban J connectivity index is 0.00000106. The first-order valence-corrected chi connectivity index (χ1v) is 8.84. The van der Waals surface area contributed by atoms with Crippen molar-refractivity contribution in [3.05, 3.63) is 0 Å². The first-order chi connectivity index (χ1) is 10.1. The van der Waals surface area contributed by atoms with Gasteiger partial charge in [0.2, 0.25) is 5.91 Å². The predicted octanol–water partition coefficient (Wildman–Crippen LogP) is 2.30. The highest BCUT2D eigenvalue weighted by Gasteiger charge is 2.26. The molecule has 2 rings (SSSR count). The summed E-state index contributed by atoms with van der Waals surface area (Å²) in [5.41, 5.74) is 0. The summed E-state index contributed by atoms with van der Waals surface area (Å²) in [4.78, 5) is 19.1. The molecule has 0 aromatic heterocycles. The van der Waals surface area contributed by atoms with Gasteiger partial charge in [-0.3, -0.25) is 14.6 Å². The third-order valence-corrected chi connectivity index (χ3v) is 4.76. The highest BCUT2D eigenvalue weighted by Crippen LogP contribution is 2.16. The minimum atomic E-state index is 0.335. The number of hydrogen-bond donors (Lipinski definition) is 0. The van der Waals surface area contributed by atoms with Crippen molar-refractivity contribution < 1.29 is 4.79 Å². The molecule has 0 aromatic rings. The van der Waals surface area contributed by atoms with E-state index >= 15 is 0 Å². The molecule has 2 aliphatic heterocycles. The maximum absolute atomic E-state index is 12.2. The van der Waals surface area contributed by atoms with Crippen LogP contribution in [0.3, 0.4) is 0 Å². The largest absolute Gasteiger partial charge is 0.341 e. The van der Waals surface area contributed by atoms with Gasteiger partial charge in [0.05, 0.1) is 6.54 Å². The van der Waals surface area contributed by atoms with Crippen LogP contribution < -0.4 is 0 Å². The summed E-state index contributed by atoms with van der Waals surface area (Å²) >= 11 is 0. The first kappa shape index (κ1) is 18.4. The minimum Gasteiger partial charge on any atom is -0.341 e. The average Bonchev–Trinajstić information content (AvgIpc) is 2.96. The number of nitrogens with zero attached hydrogens (tertiary/aromatic N) is 3. The molecule has 124 valence electrons. The van der Waals surface area contributed by atoms with E-state index in [0.717, 1.165) is 39.3 Å². The van der Waals surface area contributed by atoms with Crippen molar-refractivity contribution in [2.75, 3.05) is 45.8 Å². The van der Waals surface area contributed by atoms with Crippen LogP contribution in [0.25, 0.3) is 0 Å². The maximum Gasteiger partial charge on any atom is 0.236 e. The fourth-order valence-electron chi connectivity index (χ4n) is 3.07. The first-order valence-electron chi connectivity index (χ1n) is 8.84. The summed E-state index contributed by atoms with van der Waals surface area (Å²) in [6.45, 7) is 17.6. The van der Waals surface area contributed by atoms with Gasteiger partial charge in [0.25, 0.3) is 0 Å². The van der Waals surface area contributed by atoms with Gasteiger partial charge in [-0.15, -0.1) is 0 Å². The maximum atomic E-state index is 12.2. The summed E-state index contributed by atoms with van der Waals surface area (Å²) in [6, 6.07) is 0.678. The third kappa shape index (κ3) is 5.59. The second-order valence-corrected chi connectivity index (χ2v) is 6.30. The van der Waals surface area contributed by atoms with Crippen LogP contribution in [0.1, 0.15) is 47.5 Å². The van der Waals surface area contributed by atoms with Gasteiger partial charge in [0.1, 0.15) is 0 Å². The Kier molecular flexibility index (Phi) is 8.27. The molecular weight excluding hydrogens is 262 g/mol. The molecule has 0 aromatic carbocycles. The molecular formula is C17H35N3O. The Morgan fingerprint density at radius 2 is 1.76 bits per heavy atom. The van der Waals surface area contributed by atoms with E-state index in [2.05, 4.69) is 30.6 Å². The third-order valence-electron chi connectivity index (χ3n) is 4.76. The van der Waals surface area contributed by atoms with Crippen molar-refractivity contribution in [1.82, 2.24) is 14.7 Å². The zero-order chi connectivity index (χ0) is 15.8. The fraction of sp³-hybridized carbons (Fsp3) is 0.941. The number of carbonyl (C=O) groups excluding carboxylic acids is 1. The van der Waals surface area contributed by atoms with E-state index in [4.69, 9.17) is 0 Å². The van der Waals surface area contributed by atoms with Gasteiger partial charge < -0.3 is 4.90 Å². The molecule has 0 aliphatic carbocycles. The van der Waals surface area contributed by atoms with E-state index in [1.807, 2.05) is 18.7 Å². The number of carbonyl (C=O) groups is 1. The van der Waals surface area contributed by atoms with Crippen molar-refractivity contribution in [2.24, 2.45) is 5.92 Å². The number of rotatable bonds is 4. The molecule has 0 saturated carbocycles. The monoisotopic (exact) mass is 297 g/mol. The van der Waals surface area contributed by atoms with Gasteiger partial charge in [0.15, 0.2) is 0 Å². The highest BCUT2D eigenvalue weighted by molar-refractivity contribution is 5.78. The lowest BCUT2D eigenvalue weighted by atomic mass is 10.2. The minimum absolute atomic E-state index is 0.335. The van der Waals surface area contributed by atoms with Crippen molar-refractivity contribution in [2.45, 2.75) is 53.5 Å². The second-order valence-electron chi connectivity index (χ2n) is 6.30. The Morgan fingerprint density at radius 3 is 2.24 bits per heavy atom. The van der Waals surface area contributed by atoms with E-state index < -0.39 is 0 Å². The van der Waals surface area contributed by atoms with Gasteiger partial charge in [-0.2, -0.15) is 0 Å². The van der Waals surface area contributed by atoms with E-state index in [1.165, 1.54) is 12.8 Å². The van der Waals surface area contributed by atoms with Crippen LogP contribution in [0.2, 0.25) is 0 Å². The van der Waals surface area contributed by atoms with Crippen molar-refractivity contribution in [3.63, 3.8) is 0 Å². The van der Waals surface area contributed by atoms with Gasteiger partial charge >= 0.3 is 0 Å². The zero-order valence-corrected chi connectivity index (χ0v) is 14.8. The SMILES string of the molecule is CC.CCC(C)N1CCN(CC(=O)N2CCC(C)C2)CC1. The number of likely N-dealkylation sites (tertiary alicyclic amines) is 1. The topological polar surface area (TPSA) is 26.8 Å². The summed E-state index contributed by atoms with van der Waals surface area (Å²) in [6.07, 6.45) is 2.39. The van der Waals surface area contributed by atoms with Crippen molar-refractivity contribution in [1.29, 1.82) is 0 Å². The molecule has 0 spiro atoms. The standard InChI is InChI=1S/C15H29N3O.C2H6/c1-4-14(3)17-9-7-16(8-10-17)12-15(19)18-6-5-13(2)11-18;1-2/h13-14H,4-12H2,1-3H3;1-2H3. The van der Waals surface area contributed by atoms with Crippen LogP contribution >= 0.6 is 0 Å². The number of piperazine rings is 1. The molecule has 21 heavy (non-hydrogen) atoms. The predicted molar refractivity (Wildman–Crippen MR) is 89.5 cm³/mol. The number of hydrogen-bond acceptors (Lipinski definition) is 3. The molecule has 2 unspecified atom stereocenters. The highest BCUT2D eigenvalue weighted by atomic mass is 16.2. The smallest absolute Gasteiger partial charge is 0.236 e. The van der Waals surface area contributed by atoms with Gasteiger partial charge in [-0.05, 0) is 25.7 Å². The Morgan fingerprint density at radius 1 is 1.14 bits per heavy atom. The average molecular weight is 297 g/mol. The molecule has 0 radical (unpaired) electrons. The molecule has 2 atom stereocenters. The number of amides is 1. The fourth-order valence-corrected chi connectivity index (χ4v) is 3.07. The lowest BCUT2D eigenvalue weighted by Crippen LogP contribution is -2.51. The molecule has 1 amide bonds. The van der Waals surface area contributed by atoms with E-state index in [1.54, 1.807) is 0 Å². The summed E-state index contributed by atoms with van der Waals surface area (Å²) in [5, 5.41) is 0. The quantitative estimate of drug-likeness (QED) is 0.796. The van der Waals surface area contributed by atoms with Gasteiger partial charge in [-0.1, -0.05) is 27.7 Å². The molecule has 2 aliphatic rings. The van der Waals surface area contributed by atoms with Crippen LogP contribution in [0.5, 0.6) is 0 Å². The molecule has 0 N–H and O–H groups in total. The van der Waals surface area contributed by atoms with Gasteiger partial charge in [-0.25, -0.2) is 0 Å². The lowest BCUT2D eigenvalue weighted by Gasteiger charge is -2.37. The lowest BCUT2D eigenvalue weighted by molar-refractivity contribution is -0.132. The molecule has 2 heterocycles. The molecule has 4 heteroatoms. The van der Waals surface area contributed by atoms with Crippen LogP contribution in [0.4, 0.5) is 0 Å². The van der Waals surface area contributed by atoms with Crippen LogP contribution in [-0.4, -0.2) is 72.5 Å². The van der Waals surface area contributed by atoms with Crippen molar-refractivity contribution >= 4 is 5.91 Å². The van der Waals surface area contributed by atoms with Gasteiger partial charge in [0, 0.05) is 45.3 Å². The van der Waals surface area contributed by atoms with Crippen LogP contribution in [-0.2, 0) is 4.79 Å². The molecule has 4 nitrogen and oxygen atoms in total. The van der Waals surface area contributed by atoms with Crippen LogP contribution in [0, 0.1) is 5.92 Å². The second kappa shape index (κ2) is 9.42. The summed E-state index contributed by atoms with van der Waals surface area (Å²) in [7, 11) is 0. The normalized spacial score (nSPS) is 25.4.